The molecule has 96 valence electrons. The summed E-state index contributed by atoms with van der Waals surface area (Å²) < 4.78 is 2.13. The van der Waals surface area contributed by atoms with Crippen molar-refractivity contribution in [2.24, 2.45) is 5.73 Å². The lowest BCUT2D eigenvalue weighted by atomic mass is 10.0. The highest BCUT2D eigenvalue weighted by atomic mass is 15.1. The molecule has 0 bridgehead atoms. The Bertz CT molecular complexity index is 485. The van der Waals surface area contributed by atoms with Gasteiger partial charge in [0.1, 0.15) is 5.82 Å². The van der Waals surface area contributed by atoms with Crippen molar-refractivity contribution in [3.8, 4) is 5.69 Å². The largest absolute Gasteiger partial charge is 0.327 e. The molecule has 0 saturated carbocycles. The Balaban J connectivity index is 2.17. The fraction of sp³-hybridized carbons (Fsp3) is 0.400. The highest BCUT2D eigenvalue weighted by molar-refractivity contribution is 5.36. The van der Waals surface area contributed by atoms with Crippen LogP contribution in [0.2, 0.25) is 0 Å². The number of aryl methyl sites for hydroxylation is 1. The van der Waals surface area contributed by atoms with Crippen molar-refractivity contribution < 1.29 is 0 Å². The van der Waals surface area contributed by atoms with E-state index in [9.17, 15) is 0 Å². The first kappa shape index (κ1) is 12.8. The summed E-state index contributed by atoms with van der Waals surface area (Å²) >= 11 is 0. The van der Waals surface area contributed by atoms with E-state index in [0.717, 1.165) is 30.8 Å². The summed E-state index contributed by atoms with van der Waals surface area (Å²) in [6.45, 7) is 4.24. The normalized spacial score (nSPS) is 12.6. The summed E-state index contributed by atoms with van der Waals surface area (Å²) in [6, 6.07) is 8.85. The molecular weight excluding hydrogens is 222 g/mol. The minimum absolute atomic E-state index is 0.260. The number of nitrogens with zero attached hydrogens (tertiary/aromatic N) is 2. The van der Waals surface area contributed by atoms with Gasteiger partial charge in [-0.2, -0.15) is 0 Å². The van der Waals surface area contributed by atoms with Crippen LogP contribution in [0.3, 0.4) is 0 Å². The Morgan fingerprint density at radius 3 is 2.56 bits per heavy atom. The molecule has 1 atom stereocenters. The van der Waals surface area contributed by atoms with Crippen molar-refractivity contribution in [2.75, 3.05) is 0 Å². The Kier molecular flexibility index (Phi) is 4.15. The molecule has 1 unspecified atom stereocenters. The van der Waals surface area contributed by atoms with Gasteiger partial charge in [-0.25, -0.2) is 4.98 Å². The number of rotatable bonds is 5. The summed E-state index contributed by atoms with van der Waals surface area (Å²) in [5.41, 5.74) is 8.43. The topological polar surface area (TPSA) is 43.8 Å². The predicted octanol–water partition coefficient (Wildman–Crippen LogP) is 2.71. The van der Waals surface area contributed by atoms with Crippen LogP contribution >= 0.6 is 0 Å². The first-order valence-corrected chi connectivity index (χ1v) is 6.61. The third kappa shape index (κ3) is 2.79. The minimum Gasteiger partial charge on any atom is -0.327 e. The molecule has 1 aromatic carbocycles. The van der Waals surface area contributed by atoms with Gasteiger partial charge in [0, 0.05) is 30.5 Å². The molecule has 3 heteroatoms. The van der Waals surface area contributed by atoms with Gasteiger partial charge >= 0.3 is 0 Å². The Labute approximate surface area is 109 Å². The predicted molar refractivity (Wildman–Crippen MR) is 74.9 cm³/mol. The standard InChI is InChI=1S/C15H21N3/c1-3-13(16)11-12-5-7-14(8-6-12)18-10-9-17-15(18)4-2/h5-10,13H,3-4,11,16H2,1-2H3. The van der Waals surface area contributed by atoms with E-state index in [0.29, 0.717) is 0 Å². The van der Waals surface area contributed by atoms with Crippen molar-refractivity contribution in [3.63, 3.8) is 0 Å². The zero-order valence-corrected chi connectivity index (χ0v) is 11.1. The lowest BCUT2D eigenvalue weighted by molar-refractivity contribution is 0.646. The van der Waals surface area contributed by atoms with E-state index in [4.69, 9.17) is 5.73 Å². The zero-order valence-electron chi connectivity index (χ0n) is 11.1. The first-order valence-electron chi connectivity index (χ1n) is 6.61. The van der Waals surface area contributed by atoms with Gasteiger partial charge in [0.15, 0.2) is 0 Å². The van der Waals surface area contributed by atoms with E-state index < -0.39 is 0 Å². The van der Waals surface area contributed by atoms with Gasteiger partial charge in [-0.15, -0.1) is 0 Å². The number of benzene rings is 1. The molecule has 0 radical (unpaired) electrons. The van der Waals surface area contributed by atoms with Crippen molar-refractivity contribution in [1.82, 2.24) is 9.55 Å². The van der Waals surface area contributed by atoms with Gasteiger partial charge in [-0.3, -0.25) is 0 Å². The molecule has 0 aliphatic rings. The molecular formula is C15H21N3. The molecule has 0 saturated heterocycles. The third-order valence-electron chi connectivity index (χ3n) is 3.27. The van der Waals surface area contributed by atoms with E-state index in [2.05, 4.69) is 47.7 Å². The molecule has 2 aromatic rings. The lowest BCUT2D eigenvalue weighted by Crippen LogP contribution is -2.21. The number of aromatic nitrogens is 2. The average molecular weight is 243 g/mol. The van der Waals surface area contributed by atoms with Crippen molar-refractivity contribution in [1.29, 1.82) is 0 Å². The summed E-state index contributed by atoms with van der Waals surface area (Å²) in [5.74, 6) is 1.09. The fourth-order valence-corrected chi connectivity index (χ4v) is 2.07. The second-order valence-electron chi connectivity index (χ2n) is 4.61. The zero-order chi connectivity index (χ0) is 13.0. The fourth-order valence-electron chi connectivity index (χ4n) is 2.07. The molecule has 3 nitrogen and oxygen atoms in total. The molecule has 0 aliphatic heterocycles. The molecule has 0 spiro atoms. The van der Waals surface area contributed by atoms with Crippen LogP contribution in [-0.2, 0) is 12.8 Å². The molecule has 0 aliphatic carbocycles. The summed E-state index contributed by atoms with van der Waals surface area (Å²) in [5, 5.41) is 0. The lowest BCUT2D eigenvalue weighted by Gasteiger charge is -2.10. The average Bonchev–Trinajstić information content (AvgIpc) is 2.87. The molecule has 2 N–H and O–H groups in total. The van der Waals surface area contributed by atoms with Crippen LogP contribution < -0.4 is 5.73 Å². The van der Waals surface area contributed by atoms with Crippen LogP contribution in [0.15, 0.2) is 36.7 Å². The molecule has 2 rings (SSSR count). The van der Waals surface area contributed by atoms with Gasteiger partial charge in [0.05, 0.1) is 0 Å². The smallest absolute Gasteiger partial charge is 0.112 e. The second-order valence-corrected chi connectivity index (χ2v) is 4.61. The quantitative estimate of drug-likeness (QED) is 0.877. The number of nitrogens with two attached hydrogens (primary N) is 1. The summed E-state index contributed by atoms with van der Waals surface area (Å²) in [4.78, 5) is 4.34. The van der Waals surface area contributed by atoms with Gasteiger partial charge in [-0.1, -0.05) is 26.0 Å². The number of hydrogen-bond donors (Lipinski definition) is 1. The SMILES string of the molecule is CCc1nccn1-c1ccc(CC(N)CC)cc1. The van der Waals surface area contributed by atoms with Gasteiger partial charge in [-0.05, 0) is 30.5 Å². The Morgan fingerprint density at radius 2 is 1.94 bits per heavy atom. The van der Waals surface area contributed by atoms with Crippen LogP contribution in [-0.4, -0.2) is 15.6 Å². The Hall–Kier alpha value is -1.61. The van der Waals surface area contributed by atoms with Crippen molar-refractivity contribution in [2.45, 2.75) is 39.2 Å². The summed E-state index contributed by atoms with van der Waals surface area (Å²) in [6.07, 6.45) is 6.76. The molecule has 1 aromatic heterocycles. The van der Waals surface area contributed by atoms with E-state index in [-0.39, 0.29) is 6.04 Å². The first-order chi connectivity index (χ1) is 8.74. The minimum atomic E-state index is 0.260. The van der Waals surface area contributed by atoms with Crippen LogP contribution in [0.25, 0.3) is 5.69 Å². The molecule has 1 heterocycles. The third-order valence-corrected chi connectivity index (χ3v) is 3.27. The van der Waals surface area contributed by atoms with Gasteiger partial charge in [0.2, 0.25) is 0 Å². The van der Waals surface area contributed by atoms with Crippen LogP contribution in [0, 0.1) is 0 Å². The molecule has 18 heavy (non-hydrogen) atoms. The van der Waals surface area contributed by atoms with E-state index in [1.807, 2.05) is 12.4 Å². The van der Waals surface area contributed by atoms with E-state index in [1.54, 1.807) is 0 Å². The van der Waals surface area contributed by atoms with Crippen molar-refractivity contribution >= 4 is 0 Å². The maximum Gasteiger partial charge on any atom is 0.112 e. The second kappa shape index (κ2) is 5.83. The Morgan fingerprint density at radius 1 is 1.22 bits per heavy atom. The van der Waals surface area contributed by atoms with Crippen LogP contribution in [0.4, 0.5) is 0 Å². The van der Waals surface area contributed by atoms with E-state index >= 15 is 0 Å². The number of hydrogen-bond acceptors (Lipinski definition) is 2. The van der Waals surface area contributed by atoms with Gasteiger partial charge in [0.25, 0.3) is 0 Å². The van der Waals surface area contributed by atoms with Crippen LogP contribution in [0.1, 0.15) is 31.7 Å². The highest BCUT2D eigenvalue weighted by Crippen LogP contribution is 2.13. The number of imidazole rings is 1. The maximum absolute atomic E-state index is 5.97. The maximum atomic E-state index is 5.97. The monoisotopic (exact) mass is 243 g/mol. The summed E-state index contributed by atoms with van der Waals surface area (Å²) in [7, 11) is 0. The van der Waals surface area contributed by atoms with E-state index in [1.165, 1.54) is 5.56 Å². The molecule has 0 fully saturated rings. The highest BCUT2D eigenvalue weighted by Gasteiger charge is 2.04. The van der Waals surface area contributed by atoms with Crippen molar-refractivity contribution in [3.05, 3.63) is 48.0 Å². The van der Waals surface area contributed by atoms with Gasteiger partial charge < -0.3 is 10.3 Å². The molecule has 0 amide bonds. The van der Waals surface area contributed by atoms with Crippen LogP contribution in [0.5, 0.6) is 0 Å².